The lowest BCUT2D eigenvalue weighted by Crippen LogP contribution is -2.51. The Labute approximate surface area is 165 Å². The van der Waals surface area contributed by atoms with Gasteiger partial charge in [0.15, 0.2) is 0 Å². The minimum Gasteiger partial charge on any atom is -0.395 e. The third kappa shape index (κ3) is 3.33. The Morgan fingerprint density at radius 2 is 1.89 bits per heavy atom. The van der Waals surface area contributed by atoms with Crippen LogP contribution in [0.3, 0.4) is 0 Å². The van der Waals surface area contributed by atoms with Crippen LogP contribution in [0.2, 0.25) is 0 Å². The van der Waals surface area contributed by atoms with Crippen LogP contribution in [0.15, 0.2) is 24.4 Å². The number of hydrogen-bond donors (Lipinski definition) is 3. The molecule has 0 spiro atoms. The van der Waals surface area contributed by atoms with Crippen molar-refractivity contribution in [1.29, 1.82) is 0 Å². The number of imidazole rings is 1. The third-order valence-electron chi connectivity index (χ3n) is 7.16. The van der Waals surface area contributed by atoms with Crippen LogP contribution in [0.5, 0.6) is 0 Å². The molecule has 0 saturated heterocycles. The molecular weight excluding hydrogens is 352 g/mol. The van der Waals surface area contributed by atoms with Gasteiger partial charge in [-0.3, -0.25) is 9.20 Å². The number of aromatic nitrogens is 2. The maximum absolute atomic E-state index is 13.0. The number of aliphatic hydroxyl groups is 1. The summed E-state index contributed by atoms with van der Waals surface area (Å²) in [4.78, 5) is 17.6. The van der Waals surface area contributed by atoms with Crippen molar-refractivity contribution in [2.75, 3.05) is 19.7 Å². The molecule has 6 nitrogen and oxygen atoms in total. The molecule has 4 aliphatic rings. The van der Waals surface area contributed by atoms with Crippen LogP contribution in [-0.2, 0) is 6.54 Å². The lowest BCUT2D eigenvalue weighted by Gasteiger charge is -2.56. The molecular formula is C22H30N4O2. The van der Waals surface area contributed by atoms with Crippen molar-refractivity contribution < 1.29 is 9.90 Å². The fraction of sp³-hybridized carbons (Fsp3) is 0.636. The van der Waals surface area contributed by atoms with Gasteiger partial charge in [-0.15, -0.1) is 0 Å². The van der Waals surface area contributed by atoms with Gasteiger partial charge in [0.05, 0.1) is 12.3 Å². The molecule has 4 bridgehead atoms. The molecule has 2 aromatic heterocycles. The van der Waals surface area contributed by atoms with Gasteiger partial charge in [-0.25, -0.2) is 4.98 Å². The van der Waals surface area contributed by atoms with Crippen molar-refractivity contribution in [2.24, 2.45) is 23.2 Å². The molecule has 3 N–H and O–H groups in total. The van der Waals surface area contributed by atoms with Gasteiger partial charge >= 0.3 is 0 Å². The first-order valence-corrected chi connectivity index (χ1v) is 10.7. The van der Waals surface area contributed by atoms with Crippen LogP contribution in [0.4, 0.5) is 0 Å². The molecule has 6 heteroatoms. The van der Waals surface area contributed by atoms with Crippen molar-refractivity contribution >= 4 is 11.6 Å². The topological polar surface area (TPSA) is 78.7 Å². The molecule has 150 valence electrons. The fourth-order valence-electron chi connectivity index (χ4n) is 6.49. The molecule has 2 aromatic rings. The molecule has 0 atom stereocenters. The summed E-state index contributed by atoms with van der Waals surface area (Å²) in [5.74, 6) is 2.69. The zero-order chi connectivity index (χ0) is 19.1. The lowest BCUT2D eigenvalue weighted by atomic mass is 9.49. The summed E-state index contributed by atoms with van der Waals surface area (Å²) in [5, 5.41) is 15.3. The van der Waals surface area contributed by atoms with Crippen molar-refractivity contribution in [2.45, 2.75) is 45.1 Å². The van der Waals surface area contributed by atoms with Crippen molar-refractivity contribution in [1.82, 2.24) is 20.0 Å². The number of nitrogens with zero attached hydrogens (tertiary/aromatic N) is 2. The van der Waals surface area contributed by atoms with Gasteiger partial charge in [-0.1, -0.05) is 6.07 Å². The number of carbonyl (C=O) groups excluding carboxylic acids is 1. The van der Waals surface area contributed by atoms with Gasteiger partial charge < -0.3 is 15.7 Å². The molecule has 0 radical (unpaired) electrons. The molecule has 4 fully saturated rings. The summed E-state index contributed by atoms with van der Waals surface area (Å²) < 4.78 is 1.88. The molecule has 2 heterocycles. The number of rotatable bonds is 7. The minimum atomic E-state index is -0.00591. The van der Waals surface area contributed by atoms with Crippen molar-refractivity contribution in [3.63, 3.8) is 0 Å². The van der Waals surface area contributed by atoms with Crippen LogP contribution >= 0.6 is 0 Å². The Balaban J connectivity index is 1.29. The number of nitrogens with one attached hydrogen (secondary N) is 2. The van der Waals surface area contributed by atoms with Crippen LogP contribution in [-0.4, -0.2) is 40.1 Å². The predicted molar refractivity (Wildman–Crippen MR) is 107 cm³/mol. The summed E-state index contributed by atoms with van der Waals surface area (Å²) in [6.07, 6.45) is 10.1. The Kier molecular flexibility index (Phi) is 4.63. The summed E-state index contributed by atoms with van der Waals surface area (Å²) in [5.41, 5.74) is 2.63. The van der Waals surface area contributed by atoms with Gasteiger partial charge in [0, 0.05) is 25.8 Å². The van der Waals surface area contributed by atoms with E-state index in [0.717, 1.165) is 35.6 Å². The maximum atomic E-state index is 13.0. The number of fused-ring (bicyclic) bond motifs is 1. The SMILES string of the molecule is O=C(NCC12CC3CC(CC(C3)C1)C2)c1cccc2nc(CNCCO)cn12. The van der Waals surface area contributed by atoms with E-state index in [1.165, 1.54) is 38.5 Å². The lowest BCUT2D eigenvalue weighted by molar-refractivity contribution is -0.0503. The van der Waals surface area contributed by atoms with E-state index in [4.69, 9.17) is 5.11 Å². The predicted octanol–water partition coefficient (Wildman–Crippen LogP) is 2.36. The summed E-state index contributed by atoms with van der Waals surface area (Å²) in [7, 11) is 0. The molecule has 1 amide bonds. The third-order valence-corrected chi connectivity index (χ3v) is 7.16. The Morgan fingerprint density at radius 1 is 1.18 bits per heavy atom. The van der Waals surface area contributed by atoms with Gasteiger partial charge in [-0.2, -0.15) is 0 Å². The van der Waals surface area contributed by atoms with E-state index < -0.39 is 0 Å². The van der Waals surface area contributed by atoms with Crippen LogP contribution < -0.4 is 10.6 Å². The summed E-state index contributed by atoms with van der Waals surface area (Å²) in [6, 6.07) is 5.69. The van der Waals surface area contributed by atoms with Gasteiger partial charge in [0.1, 0.15) is 11.3 Å². The smallest absolute Gasteiger partial charge is 0.268 e. The fourth-order valence-corrected chi connectivity index (χ4v) is 6.49. The van der Waals surface area contributed by atoms with E-state index >= 15 is 0 Å². The van der Waals surface area contributed by atoms with E-state index in [1.54, 1.807) is 0 Å². The number of amides is 1. The number of pyridine rings is 1. The highest BCUT2D eigenvalue weighted by Crippen LogP contribution is 2.59. The molecule has 0 aromatic carbocycles. The minimum absolute atomic E-state index is 0.00591. The first-order valence-electron chi connectivity index (χ1n) is 10.7. The standard InChI is InChI=1S/C22H30N4O2/c27-5-4-23-12-18-13-26-19(2-1-3-20(26)25-18)21(28)24-14-22-9-15-6-16(10-22)8-17(7-15)11-22/h1-3,13,15-17,23,27H,4-12,14H2,(H,24,28). The van der Waals surface area contributed by atoms with Gasteiger partial charge in [-0.05, 0) is 73.8 Å². The van der Waals surface area contributed by atoms with E-state index in [-0.39, 0.29) is 12.5 Å². The highest BCUT2D eigenvalue weighted by Gasteiger charge is 2.50. The van der Waals surface area contributed by atoms with Gasteiger partial charge in [0.2, 0.25) is 0 Å². The van der Waals surface area contributed by atoms with Crippen LogP contribution in [0.25, 0.3) is 5.65 Å². The zero-order valence-electron chi connectivity index (χ0n) is 16.4. The molecule has 6 rings (SSSR count). The van der Waals surface area contributed by atoms with Crippen molar-refractivity contribution in [3.05, 3.63) is 35.8 Å². The maximum Gasteiger partial charge on any atom is 0.268 e. The first-order chi connectivity index (χ1) is 13.6. The summed E-state index contributed by atoms with van der Waals surface area (Å²) in [6.45, 7) is 2.03. The second-order valence-corrected chi connectivity index (χ2v) is 9.37. The molecule has 28 heavy (non-hydrogen) atoms. The second-order valence-electron chi connectivity index (χ2n) is 9.37. The number of carbonyl (C=O) groups is 1. The highest BCUT2D eigenvalue weighted by molar-refractivity contribution is 5.93. The largest absolute Gasteiger partial charge is 0.395 e. The molecule has 4 aliphatic carbocycles. The monoisotopic (exact) mass is 382 g/mol. The number of aliphatic hydroxyl groups excluding tert-OH is 1. The van der Waals surface area contributed by atoms with E-state index in [2.05, 4.69) is 15.6 Å². The summed E-state index contributed by atoms with van der Waals surface area (Å²) >= 11 is 0. The average Bonchev–Trinajstić information content (AvgIpc) is 3.08. The second kappa shape index (κ2) is 7.16. The Hall–Kier alpha value is -1.92. The quantitative estimate of drug-likeness (QED) is 0.643. The molecule has 0 unspecified atom stereocenters. The number of hydrogen-bond acceptors (Lipinski definition) is 4. The molecule has 4 saturated carbocycles. The van der Waals surface area contributed by atoms with Gasteiger partial charge in [0.25, 0.3) is 5.91 Å². The zero-order valence-corrected chi connectivity index (χ0v) is 16.4. The van der Waals surface area contributed by atoms with Crippen LogP contribution in [0.1, 0.15) is 54.7 Å². The average molecular weight is 383 g/mol. The van der Waals surface area contributed by atoms with E-state index in [9.17, 15) is 4.79 Å². The normalized spacial score (nSPS) is 30.8. The highest BCUT2D eigenvalue weighted by atomic mass is 16.3. The van der Waals surface area contributed by atoms with Crippen molar-refractivity contribution in [3.8, 4) is 0 Å². The molecule has 0 aliphatic heterocycles. The van der Waals surface area contributed by atoms with E-state index in [0.29, 0.717) is 24.2 Å². The van der Waals surface area contributed by atoms with Crippen LogP contribution in [0, 0.1) is 23.2 Å². The first kappa shape index (κ1) is 18.1. The Morgan fingerprint density at radius 3 is 2.57 bits per heavy atom. The Bertz CT molecular complexity index is 839. The van der Waals surface area contributed by atoms with E-state index in [1.807, 2.05) is 28.8 Å².